The molecule has 2 aromatic rings. The third-order valence-electron chi connectivity index (χ3n) is 4.16. The predicted octanol–water partition coefficient (Wildman–Crippen LogP) is 2.38. The molecule has 10 nitrogen and oxygen atoms in total. The largest absolute Gasteiger partial charge is 0.464 e. The summed E-state index contributed by atoms with van der Waals surface area (Å²) in [7, 11) is 1.18. The summed E-state index contributed by atoms with van der Waals surface area (Å²) >= 11 is 1.19. The molecule has 0 aliphatic heterocycles. The maximum absolute atomic E-state index is 12.7. The SMILES string of the molecule is COC(=O)c1[nH]nc2c1C(=O)C(SCCCOCNC(=O)Nc1ccccc1)=CC2=O. The zero-order valence-corrected chi connectivity index (χ0v) is 17.4. The first kappa shape index (κ1) is 22.2. The second kappa shape index (κ2) is 10.5. The maximum Gasteiger partial charge on any atom is 0.356 e. The van der Waals surface area contributed by atoms with E-state index in [-0.39, 0.29) is 34.6 Å². The van der Waals surface area contributed by atoms with Gasteiger partial charge in [-0.05, 0) is 18.6 Å². The van der Waals surface area contributed by atoms with E-state index >= 15 is 0 Å². The van der Waals surface area contributed by atoms with Crippen LogP contribution in [-0.4, -0.2) is 60.0 Å². The molecule has 1 heterocycles. The summed E-state index contributed by atoms with van der Waals surface area (Å²) in [6, 6.07) is 8.63. The number of carbonyl (C=O) groups excluding carboxylic acids is 4. The zero-order valence-electron chi connectivity index (χ0n) is 16.6. The number of amides is 2. The van der Waals surface area contributed by atoms with E-state index in [4.69, 9.17) is 4.74 Å². The Hall–Kier alpha value is -3.44. The molecule has 0 bridgehead atoms. The molecule has 3 N–H and O–H groups in total. The van der Waals surface area contributed by atoms with Crippen molar-refractivity contribution in [2.24, 2.45) is 0 Å². The Kier molecular flexibility index (Phi) is 7.57. The van der Waals surface area contributed by atoms with Crippen LogP contribution < -0.4 is 10.6 Å². The van der Waals surface area contributed by atoms with Crippen molar-refractivity contribution in [2.75, 3.05) is 31.5 Å². The van der Waals surface area contributed by atoms with Gasteiger partial charge in [0.25, 0.3) is 0 Å². The molecule has 0 unspecified atom stereocenters. The van der Waals surface area contributed by atoms with Gasteiger partial charge in [-0.1, -0.05) is 18.2 Å². The highest BCUT2D eigenvalue weighted by molar-refractivity contribution is 8.04. The van der Waals surface area contributed by atoms with Crippen LogP contribution in [0.5, 0.6) is 0 Å². The lowest BCUT2D eigenvalue weighted by Crippen LogP contribution is -2.30. The topological polar surface area (TPSA) is 139 Å². The summed E-state index contributed by atoms with van der Waals surface area (Å²) in [5.41, 5.74) is 0.391. The van der Waals surface area contributed by atoms with E-state index < -0.39 is 17.5 Å². The molecule has 1 aromatic carbocycles. The van der Waals surface area contributed by atoms with Crippen molar-refractivity contribution in [1.29, 1.82) is 0 Å². The van der Waals surface area contributed by atoms with Crippen LogP contribution in [0, 0.1) is 0 Å². The fourth-order valence-corrected chi connectivity index (χ4v) is 3.61. The summed E-state index contributed by atoms with van der Waals surface area (Å²) < 4.78 is 9.97. The number of rotatable bonds is 9. The number of H-pyrrole nitrogens is 1. The number of aromatic amines is 1. The number of nitrogens with zero attached hydrogens (tertiary/aromatic N) is 1. The molecule has 0 fully saturated rings. The van der Waals surface area contributed by atoms with Crippen molar-refractivity contribution in [3.05, 3.63) is 58.3 Å². The van der Waals surface area contributed by atoms with Gasteiger partial charge in [-0.2, -0.15) is 5.10 Å². The number of Topliss-reactive ketones (excluding diaryl/α,β-unsaturated/α-hetero) is 1. The number of ketones is 2. The number of aromatic nitrogens is 2. The summed E-state index contributed by atoms with van der Waals surface area (Å²) in [6.07, 6.45) is 1.79. The second-order valence-corrected chi connectivity index (χ2v) is 7.40. The Labute approximate surface area is 181 Å². The molecule has 0 atom stereocenters. The molecular weight excluding hydrogens is 424 g/mol. The molecule has 1 aliphatic rings. The zero-order chi connectivity index (χ0) is 22.2. The van der Waals surface area contributed by atoms with Gasteiger partial charge in [0.1, 0.15) is 12.4 Å². The summed E-state index contributed by atoms with van der Waals surface area (Å²) in [6.45, 7) is 0.378. The molecule has 31 heavy (non-hydrogen) atoms. The smallest absolute Gasteiger partial charge is 0.356 e. The molecule has 2 amide bonds. The van der Waals surface area contributed by atoms with E-state index in [1.54, 1.807) is 12.1 Å². The Morgan fingerprint density at radius 2 is 1.97 bits per heavy atom. The lowest BCUT2D eigenvalue weighted by molar-refractivity contribution is 0.0591. The van der Waals surface area contributed by atoms with E-state index in [2.05, 4.69) is 25.6 Å². The van der Waals surface area contributed by atoms with Gasteiger partial charge in [-0.3, -0.25) is 14.7 Å². The van der Waals surface area contributed by atoms with Crippen molar-refractivity contribution in [3.8, 4) is 0 Å². The Balaban J connectivity index is 1.39. The van der Waals surface area contributed by atoms with Gasteiger partial charge in [0.05, 0.1) is 17.6 Å². The quantitative estimate of drug-likeness (QED) is 0.304. The molecule has 0 saturated heterocycles. The minimum Gasteiger partial charge on any atom is -0.464 e. The van der Waals surface area contributed by atoms with Crippen LogP contribution in [0.2, 0.25) is 0 Å². The second-order valence-electron chi connectivity index (χ2n) is 6.27. The molecule has 1 aliphatic carbocycles. The Bertz CT molecular complexity index is 1020. The van der Waals surface area contributed by atoms with Crippen molar-refractivity contribution in [3.63, 3.8) is 0 Å². The third kappa shape index (κ3) is 5.58. The number of esters is 1. The van der Waals surface area contributed by atoms with Crippen LogP contribution in [0.1, 0.15) is 37.8 Å². The number of para-hydroxylation sites is 1. The van der Waals surface area contributed by atoms with E-state index in [1.807, 2.05) is 18.2 Å². The molecule has 162 valence electrons. The highest BCUT2D eigenvalue weighted by atomic mass is 32.2. The first-order chi connectivity index (χ1) is 15.0. The number of benzene rings is 1. The Morgan fingerprint density at radius 1 is 1.19 bits per heavy atom. The number of carbonyl (C=O) groups is 4. The average Bonchev–Trinajstić information content (AvgIpc) is 3.22. The number of ether oxygens (including phenoxy) is 2. The van der Waals surface area contributed by atoms with E-state index in [0.29, 0.717) is 24.5 Å². The number of methoxy groups -OCH3 is 1. The van der Waals surface area contributed by atoms with Crippen LogP contribution in [0.4, 0.5) is 10.5 Å². The van der Waals surface area contributed by atoms with Gasteiger partial charge in [0.15, 0.2) is 5.69 Å². The lowest BCUT2D eigenvalue weighted by atomic mass is 9.99. The van der Waals surface area contributed by atoms with Gasteiger partial charge in [0.2, 0.25) is 11.6 Å². The molecule has 1 aromatic heterocycles. The first-order valence-corrected chi connectivity index (χ1v) is 10.3. The van der Waals surface area contributed by atoms with Crippen LogP contribution in [0.25, 0.3) is 0 Å². The van der Waals surface area contributed by atoms with Crippen molar-refractivity contribution in [1.82, 2.24) is 15.5 Å². The number of fused-ring (bicyclic) bond motifs is 1. The van der Waals surface area contributed by atoms with E-state index in [9.17, 15) is 19.2 Å². The standard InChI is InChI=1S/C20H20N4O6S/c1-29-19(27)17-15-16(23-24-17)13(25)10-14(18(15)26)31-9-5-8-30-11-21-20(28)22-12-6-3-2-4-7-12/h2-4,6-7,10H,5,8-9,11H2,1H3,(H,23,24)(H2,21,22,28). The monoisotopic (exact) mass is 444 g/mol. The molecule has 3 rings (SSSR count). The van der Waals surface area contributed by atoms with Gasteiger partial charge in [-0.25, -0.2) is 9.59 Å². The van der Waals surface area contributed by atoms with Crippen LogP contribution in [0.3, 0.4) is 0 Å². The van der Waals surface area contributed by atoms with E-state index in [0.717, 1.165) is 0 Å². The highest BCUT2D eigenvalue weighted by Crippen LogP contribution is 2.29. The van der Waals surface area contributed by atoms with Crippen LogP contribution in [0.15, 0.2) is 41.3 Å². The van der Waals surface area contributed by atoms with E-state index in [1.165, 1.54) is 24.9 Å². The van der Waals surface area contributed by atoms with Gasteiger partial charge < -0.3 is 20.1 Å². The van der Waals surface area contributed by atoms with Crippen LogP contribution >= 0.6 is 11.8 Å². The summed E-state index contributed by atoms with van der Waals surface area (Å²) in [4.78, 5) is 48.6. The number of urea groups is 1. The maximum atomic E-state index is 12.7. The molecule has 0 radical (unpaired) electrons. The minimum absolute atomic E-state index is 0.0321. The number of nitrogens with one attached hydrogen (secondary N) is 3. The fraction of sp³-hybridized carbons (Fsp3) is 0.250. The lowest BCUT2D eigenvalue weighted by Gasteiger charge is -2.12. The predicted molar refractivity (Wildman–Crippen MR) is 113 cm³/mol. The molecule has 11 heteroatoms. The highest BCUT2D eigenvalue weighted by Gasteiger charge is 2.34. The number of hydrogen-bond donors (Lipinski definition) is 3. The van der Waals surface area contributed by atoms with Gasteiger partial charge >= 0.3 is 12.0 Å². The van der Waals surface area contributed by atoms with Gasteiger partial charge in [-0.15, -0.1) is 11.8 Å². The third-order valence-corrected chi connectivity index (χ3v) is 5.27. The fourth-order valence-electron chi connectivity index (χ4n) is 2.70. The number of hydrogen-bond acceptors (Lipinski definition) is 8. The molecule has 0 saturated carbocycles. The number of allylic oxidation sites excluding steroid dienone is 2. The number of thioether (sulfide) groups is 1. The molecule has 0 spiro atoms. The summed E-state index contributed by atoms with van der Waals surface area (Å²) in [5.74, 6) is -1.16. The summed E-state index contributed by atoms with van der Waals surface area (Å²) in [5, 5.41) is 11.4. The van der Waals surface area contributed by atoms with Gasteiger partial charge in [0, 0.05) is 24.1 Å². The van der Waals surface area contributed by atoms with Crippen molar-refractivity contribution >= 4 is 41.0 Å². The van der Waals surface area contributed by atoms with Crippen LogP contribution in [-0.2, 0) is 9.47 Å². The Morgan fingerprint density at radius 3 is 2.71 bits per heavy atom. The van der Waals surface area contributed by atoms with Crippen molar-refractivity contribution < 1.29 is 28.7 Å². The number of anilines is 1. The van der Waals surface area contributed by atoms with Crippen molar-refractivity contribution in [2.45, 2.75) is 6.42 Å². The average molecular weight is 444 g/mol. The minimum atomic E-state index is -0.765. The normalized spacial score (nSPS) is 12.7. The first-order valence-electron chi connectivity index (χ1n) is 9.29. The molecular formula is C20H20N4O6S.